The molecule has 2 aromatic carbocycles. The van der Waals surface area contributed by atoms with Crippen LogP contribution in [0.3, 0.4) is 0 Å². The van der Waals surface area contributed by atoms with Crippen LogP contribution < -0.4 is 15.4 Å². The molecule has 0 aliphatic heterocycles. The number of aryl methyl sites for hydroxylation is 1. The van der Waals surface area contributed by atoms with Crippen LogP contribution in [-0.4, -0.2) is 23.8 Å². The number of hydrogen-bond donors (Lipinski definition) is 2. The van der Waals surface area contributed by atoms with E-state index in [0.29, 0.717) is 10.6 Å². The van der Waals surface area contributed by atoms with E-state index in [9.17, 15) is 24.1 Å². The fraction of sp³-hybridized carbons (Fsp3) is 0.100. The summed E-state index contributed by atoms with van der Waals surface area (Å²) < 4.78 is 18.3. The summed E-state index contributed by atoms with van der Waals surface area (Å²) in [6, 6.07) is 8.84. The van der Waals surface area contributed by atoms with Crippen molar-refractivity contribution in [2.75, 3.05) is 17.7 Å². The number of thiophene rings is 1. The maximum Gasteiger partial charge on any atom is 0.271 e. The van der Waals surface area contributed by atoms with E-state index in [1.165, 1.54) is 31.4 Å². The predicted molar refractivity (Wildman–Crippen MR) is 116 cm³/mol. The Kier molecular flexibility index (Phi) is 6.52. The second-order valence-electron chi connectivity index (χ2n) is 6.30. The standard InChI is InChI=1S/C20H15ClFN3O5S/c1-10-7-17(24-19(26)13-5-3-11(22)8-14(13)21)31-18(10)20(27)23-15-9-12(25(28)29)4-6-16(15)30-2/h3-9H,1-2H3,(H,23,27)(H,24,26). The molecule has 0 aliphatic carbocycles. The van der Waals surface area contributed by atoms with Crippen LogP contribution in [0.25, 0.3) is 0 Å². The number of nitro groups is 1. The summed E-state index contributed by atoms with van der Waals surface area (Å²) in [6.07, 6.45) is 0. The maximum atomic E-state index is 13.2. The minimum atomic E-state index is -0.584. The van der Waals surface area contributed by atoms with Crippen molar-refractivity contribution >= 4 is 51.1 Å². The van der Waals surface area contributed by atoms with Gasteiger partial charge in [0.1, 0.15) is 11.6 Å². The van der Waals surface area contributed by atoms with E-state index in [0.717, 1.165) is 23.5 Å². The SMILES string of the molecule is COc1ccc([N+](=O)[O-])cc1NC(=O)c1sc(NC(=O)c2ccc(F)cc2Cl)cc1C. The molecule has 0 aliphatic rings. The highest BCUT2D eigenvalue weighted by molar-refractivity contribution is 7.18. The van der Waals surface area contributed by atoms with Gasteiger partial charge in [0, 0.05) is 12.1 Å². The van der Waals surface area contributed by atoms with E-state index in [2.05, 4.69) is 10.6 Å². The number of nitrogens with one attached hydrogen (secondary N) is 2. The largest absolute Gasteiger partial charge is 0.495 e. The molecule has 0 spiro atoms. The molecule has 2 amide bonds. The molecule has 160 valence electrons. The number of hydrogen-bond acceptors (Lipinski definition) is 6. The summed E-state index contributed by atoms with van der Waals surface area (Å²) in [5, 5.41) is 16.6. The first-order valence-corrected chi connectivity index (χ1v) is 9.89. The van der Waals surface area contributed by atoms with E-state index in [-0.39, 0.29) is 32.6 Å². The van der Waals surface area contributed by atoms with Crippen molar-refractivity contribution in [3.05, 3.63) is 79.4 Å². The third-order valence-corrected chi connectivity index (χ3v) is 5.64. The molecule has 0 saturated carbocycles. The third kappa shape index (κ3) is 4.98. The number of benzene rings is 2. The summed E-state index contributed by atoms with van der Waals surface area (Å²) in [4.78, 5) is 35.9. The molecular weight excluding hydrogens is 449 g/mol. The van der Waals surface area contributed by atoms with E-state index in [4.69, 9.17) is 16.3 Å². The molecular formula is C20H15ClFN3O5S. The second-order valence-corrected chi connectivity index (χ2v) is 7.76. The first kappa shape index (κ1) is 22.2. The third-order valence-electron chi connectivity index (χ3n) is 4.18. The quantitative estimate of drug-likeness (QED) is 0.382. The number of halogens is 2. The Bertz CT molecular complexity index is 1200. The van der Waals surface area contributed by atoms with Crippen LogP contribution in [0.5, 0.6) is 5.75 Å². The lowest BCUT2D eigenvalue weighted by atomic mass is 10.2. The Balaban J connectivity index is 1.81. The van der Waals surface area contributed by atoms with Crippen LogP contribution >= 0.6 is 22.9 Å². The zero-order valence-electron chi connectivity index (χ0n) is 16.2. The van der Waals surface area contributed by atoms with E-state index >= 15 is 0 Å². The molecule has 0 bridgehead atoms. The summed E-state index contributed by atoms with van der Waals surface area (Å²) in [7, 11) is 1.38. The Morgan fingerprint density at radius 1 is 1.13 bits per heavy atom. The van der Waals surface area contributed by atoms with Gasteiger partial charge in [-0.3, -0.25) is 19.7 Å². The van der Waals surface area contributed by atoms with Gasteiger partial charge in [0.25, 0.3) is 17.5 Å². The van der Waals surface area contributed by atoms with E-state index in [1.807, 2.05) is 0 Å². The Morgan fingerprint density at radius 3 is 2.52 bits per heavy atom. The number of non-ortho nitro benzene ring substituents is 1. The minimum absolute atomic E-state index is 0.0403. The van der Waals surface area contributed by atoms with Crippen LogP contribution in [0.2, 0.25) is 5.02 Å². The fourth-order valence-electron chi connectivity index (χ4n) is 2.71. The van der Waals surface area contributed by atoms with Gasteiger partial charge < -0.3 is 15.4 Å². The first-order chi connectivity index (χ1) is 14.7. The van der Waals surface area contributed by atoms with Crippen molar-refractivity contribution < 1.29 is 23.6 Å². The Hall–Kier alpha value is -3.50. The molecule has 0 atom stereocenters. The van der Waals surface area contributed by atoms with Crippen molar-refractivity contribution in [3.8, 4) is 5.75 Å². The molecule has 8 nitrogen and oxygen atoms in total. The van der Waals surface area contributed by atoms with Crippen LogP contribution in [0.15, 0.2) is 42.5 Å². The monoisotopic (exact) mass is 463 g/mol. The first-order valence-electron chi connectivity index (χ1n) is 8.70. The molecule has 1 heterocycles. The lowest BCUT2D eigenvalue weighted by Crippen LogP contribution is -2.12. The lowest BCUT2D eigenvalue weighted by molar-refractivity contribution is -0.384. The van der Waals surface area contributed by atoms with Crippen molar-refractivity contribution in [3.63, 3.8) is 0 Å². The molecule has 3 aromatic rings. The van der Waals surface area contributed by atoms with Crippen LogP contribution in [0, 0.1) is 22.9 Å². The normalized spacial score (nSPS) is 10.5. The molecule has 0 radical (unpaired) electrons. The van der Waals surface area contributed by atoms with Gasteiger partial charge >= 0.3 is 0 Å². The Labute approximate surface area is 184 Å². The van der Waals surface area contributed by atoms with Crippen LogP contribution in [-0.2, 0) is 0 Å². The molecule has 2 N–H and O–H groups in total. The van der Waals surface area contributed by atoms with Gasteiger partial charge in [-0.1, -0.05) is 11.6 Å². The highest BCUT2D eigenvalue weighted by Crippen LogP contribution is 2.32. The molecule has 0 fully saturated rings. The summed E-state index contributed by atoms with van der Waals surface area (Å²) in [6.45, 7) is 1.68. The maximum absolute atomic E-state index is 13.2. The summed E-state index contributed by atoms with van der Waals surface area (Å²) in [5.74, 6) is -1.39. The van der Waals surface area contributed by atoms with Crippen molar-refractivity contribution in [1.29, 1.82) is 0 Å². The number of rotatable bonds is 6. The molecule has 31 heavy (non-hydrogen) atoms. The smallest absolute Gasteiger partial charge is 0.271 e. The Morgan fingerprint density at radius 2 is 1.87 bits per heavy atom. The average Bonchev–Trinajstić information content (AvgIpc) is 3.07. The van der Waals surface area contributed by atoms with Crippen LogP contribution in [0.4, 0.5) is 20.8 Å². The second kappa shape index (κ2) is 9.11. The zero-order valence-corrected chi connectivity index (χ0v) is 17.8. The number of methoxy groups -OCH3 is 1. The van der Waals surface area contributed by atoms with Gasteiger partial charge in [-0.05, 0) is 42.8 Å². The highest BCUT2D eigenvalue weighted by Gasteiger charge is 2.19. The number of carbonyl (C=O) groups excluding carboxylic acids is 2. The summed E-state index contributed by atoms with van der Waals surface area (Å²) >= 11 is 6.92. The number of amides is 2. The van der Waals surface area contributed by atoms with Crippen LogP contribution in [0.1, 0.15) is 25.6 Å². The van der Waals surface area contributed by atoms with Gasteiger partial charge in [0.2, 0.25) is 0 Å². The van der Waals surface area contributed by atoms with Gasteiger partial charge in [0.05, 0.1) is 38.2 Å². The molecule has 1 aromatic heterocycles. The highest BCUT2D eigenvalue weighted by atomic mass is 35.5. The molecule has 0 unspecified atom stereocenters. The predicted octanol–water partition coefficient (Wildman–Crippen LogP) is 5.27. The molecule has 3 rings (SSSR count). The number of carbonyl (C=O) groups is 2. The number of anilines is 2. The summed E-state index contributed by atoms with van der Waals surface area (Å²) in [5.41, 5.74) is 0.593. The average molecular weight is 464 g/mol. The van der Waals surface area contributed by atoms with Crippen molar-refractivity contribution in [2.24, 2.45) is 0 Å². The number of ether oxygens (including phenoxy) is 1. The van der Waals surface area contributed by atoms with E-state index in [1.54, 1.807) is 13.0 Å². The zero-order chi connectivity index (χ0) is 22.7. The van der Waals surface area contributed by atoms with Gasteiger partial charge in [-0.15, -0.1) is 11.3 Å². The number of nitro benzene ring substituents is 1. The van der Waals surface area contributed by atoms with Gasteiger partial charge in [-0.2, -0.15) is 0 Å². The fourth-order valence-corrected chi connectivity index (χ4v) is 3.92. The van der Waals surface area contributed by atoms with Gasteiger partial charge in [0.15, 0.2) is 0 Å². The van der Waals surface area contributed by atoms with Crippen molar-refractivity contribution in [2.45, 2.75) is 6.92 Å². The van der Waals surface area contributed by atoms with Gasteiger partial charge in [-0.25, -0.2) is 4.39 Å². The lowest BCUT2D eigenvalue weighted by Gasteiger charge is -2.09. The molecule has 11 heteroatoms. The molecule has 0 saturated heterocycles. The minimum Gasteiger partial charge on any atom is -0.495 e. The van der Waals surface area contributed by atoms with Crippen molar-refractivity contribution in [1.82, 2.24) is 0 Å². The topological polar surface area (TPSA) is 111 Å². The van der Waals surface area contributed by atoms with E-state index < -0.39 is 22.6 Å². The number of nitrogens with zero attached hydrogens (tertiary/aromatic N) is 1.